The summed E-state index contributed by atoms with van der Waals surface area (Å²) >= 11 is 3.00. The number of thioether (sulfide) groups is 1. The number of nitrogens with zero attached hydrogens (tertiary/aromatic N) is 3. The average molecular weight is 564 g/mol. The molecule has 1 N–H and O–H groups in total. The molecule has 2 aromatic carbocycles. The lowest BCUT2D eigenvalue weighted by atomic mass is 9.77. The van der Waals surface area contributed by atoms with E-state index in [2.05, 4.69) is 4.98 Å². The van der Waals surface area contributed by atoms with Crippen LogP contribution in [0.15, 0.2) is 65.7 Å². The molecule has 6 rings (SSSR count). The van der Waals surface area contributed by atoms with E-state index >= 15 is 0 Å². The highest BCUT2D eigenvalue weighted by atomic mass is 32.2. The Hall–Kier alpha value is -3.67. The van der Waals surface area contributed by atoms with Crippen molar-refractivity contribution in [3.8, 4) is 0 Å². The van der Waals surface area contributed by atoms with Crippen LogP contribution in [-0.2, 0) is 19.1 Å². The fraction of sp³-hybridized carbons (Fsp3) is 0.286. The molecule has 11 heteroatoms. The zero-order valence-electron chi connectivity index (χ0n) is 21.4. The minimum atomic E-state index is -0.855. The van der Waals surface area contributed by atoms with Gasteiger partial charge in [0.15, 0.2) is 0 Å². The van der Waals surface area contributed by atoms with E-state index in [-0.39, 0.29) is 23.6 Å². The molecule has 2 aliphatic rings. The van der Waals surface area contributed by atoms with Crippen LogP contribution in [0.4, 0.5) is 0 Å². The molecule has 4 aromatic rings. The van der Waals surface area contributed by atoms with Gasteiger partial charge in [0.2, 0.25) is 12.7 Å². The first-order valence-corrected chi connectivity index (χ1v) is 14.4. The Morgan fingerprint density at radius 3 is 2.64 bits per heavy atom. The third-order valence-electron chi connectivity index (χ3n) is 7.37. The number of aliphatic hydroxyl groups excluding tert-OH is 1. The van der Waals surface area contributed by atoms with Gasteiger partial charge in [-0.3, -0.25) is 9.20 Å². The molecular weight excluding hydrogens is 538 g/mol. The van der Waals surface area contributed by atoms with E-state index in [9.17, 15) is 19.5 Å². The van der Waals surface area contributed by atoms with Crippen LogP contribution in [0.25, 0.3) is 21.2 Å². The van der Waals surface area contributed by atoms with Crippen molar-refractivity contribution in [3.63, 3.8) is 0 Å². The summed E-state index contributed by atoms with van der Waals surface area (Å²) in [6.07, 6.45) is 4.69. The second-order valence-electron chi connectivity index (χ2n) is 9.62. The SMILES string of the molecule is CSc1ncn2cc(C3=C(C(=O)OCOC(=O)c4ccc5ccccc5c4)N4C(=O)[C@H]([C@@H](C)O)[C@H]4[C@H]3C)sc12. The van der Waals surface area contributed by atoms with Gasteiger partial charge in [-0.15, -0.1) is 23.1 Å². The second kappa shape index (κ2) is 9.82. The van der Waals surface area contributed by atoms with Crippen molar-refractivity contribution in [1.29, 1.82) is 0 Å². The second-order valence-corrected chi connectivity index (χ2v) is 11.4. The molecule has 39 heavy (non-hydrogen) atoms. The number of carbonyl (C=O) groups excluding carboxylic acids is 3. The van der Waals surface area contributed by atoms with Crippen molar-refractivity contribution in [1.82, 2.24) is 14.3 Å². The van der Waals surface area contributed by atoms with Gasteiger partial charge < -0.3 is 19.5 Å². The average Bonchev–Trinajstić information content (AvgIpc) is 3.57. The fourth-order valence-corrected chi connectivity index (χ4v) is 7.45. The highest BCUT2D eigenvalue weighted by molar-refractivity contribution is 7.98. The molecule has 0 bridgehead atoms. The first kappa shape index (κ1) is 25.6. The van der Waals surface area contributed by atoms with Crippen LogP contribution in [0.2, 0.25) is 0 Å². The molecule has 1 saturated heterocycles. The molecule has 9 nitrogen and oxygen atoms in total. The molecule has 0 radical (unpaired) electrons. The summed E-state index contributed by atoms with van der Waals surface area (Å²) in [6, 6.07) is 12.5. The molecular formula is C28H25N3O6S2. The number of ether oxygens (including phenoxy) is 2. The van der Waals surface area contributed by atoms with Gasteiger partial charge in [0.25, 0.3) is 0 Å². The molecule has 0 unspecified atom stereocenters. The number of carbonyl (C=O) groups is 3. The quantitative estimate of drug-likeness (QED) is 0.154. The number of rotatable bonds is 7. The Kier molecular flexibility index (Phi) is 6.44. The molecule has 1 fully saturated rings. The van der Waals surface area contributed by atoms with Crippen LogP contribution >= 0.6 is 23.1 Å². The van der Waals surface area contributed by atoms with E-state index < -0.39 is 30.8 Å². The lowest BCUT2D eigenvalue weighted by Gasteiger charge is -2.46. The van der Waals surface area contributed by atoms with E-state index in [1.807, 2.05) is 54.1 Å². The Labute approximate surface area is 232 Å². The summed E-state index contributed by atoms with van der Waals surface area (Å²) in [5, 5.41) is 13.0. The van der Waals surface area contributed by atoms with Gasteiger partial charge in [-0.1, -0.05) is 37.3 Å². The van der Waals surface area contributed by atoms with Crippen LogP contribution in [0.5, 0.6) is 0 Å². The molecule has 4 heterocycles. The Morgan fingerprint density at radius 1 is 1.15 bits per heavy atom. The summed E-state index contributed by atoms with van der Waals surface area (Å²) in [4.78, 5) is 46.6. The number of esters is 2. The zero-order valence-corrected chi connectivity index (χ0v) is 23.0. The van der Waals surface area contributed by atoms with Crippen LogP contribution in [0.1, 0.15) is 29.1 Å². The number of fused-ring (bicyclic) bond motifs is 3. The van der Waals surface area contributed by atoms with Crippen molar-refractivity contribution < 1.29 is 29.0 Å². The number of hydrogen-bond donors (Lipinski definition) is 1. The number of imidazole rings is 1. The Balaban J connectivity index is 1.26. The number of benzene rings is 2. The summed E-state index contributed by atoms with van der Waals surface area (Å²) in [6.45, 7) is 2.92. The maximum atomic E-state index is 13.4. The van der Waals surface area contributed by atoms with E-state index in [1.54, 1.807) is 25.4 Å². The maximum absolute atomic E-state index is 13.4. The van der Waals surface area contributed by atoms with Gasteiger partial charge in [0.05, 0.1) is 28.5 Å². The van der Waals surface area contributed by atoms with Crippen molar-refractivity contribution in [2.45, 2.75) is 31.0 Å². The minimum absolute atomic E-state index is 0.124. The molecule has 200 valence electrons. The number of amides is 1. The van der Waals surface area contributed by atoms with Gasteiger partial charge in [-0.05, 0) is 36.1 Å². The van der Waals surface area contributed by atoms with Gasteiger partial charge in [-0.25, -0.2) is 14.6 Å². The van der Waals surface area contributed by atoms with Crippen LogP contribution in [0, 0.1) is 11.8 Å². The van der Waals surface area contributed by atoms with Crippen LogP contribution < -0.4 is 0 Å². The molecule has 1 amide bonds. The number of hydrogen-bond acceptors (Lipinski definition) is 9. The number of aliphatic hydroxyl groups is 1. The van der Waals surface area contributed by atoms with Gasteiger partial charge in [0, 0.05) is 17.7 Å². The first-order valence-electron chi connectivity index (χ1n) is 12.4. The summed E-state index contributed by atoms with van der Waals surface area (Å²) in [5.74, 6) is -2.55. The van der Waals surface area contributed by atoms with E-state index in [1.165, 1.54) is 28.0 Å². The summed E-state index contributed by atoms with van der Waals surface area (Å²) in [5.41, 5.74) is 1.13. The normalized spacial score (nSPS) is 21.3. The smallest absolute Gasteiger partial charge is 0.358 e. The standard InChI is InChI=1S/C28H25N3O6S2/c1-14-20(19-11-30-12-29-24(38-3)26(30)39-19)23(31-22(14)21(15(2)32)25(31)33)28(35)37-13-36-27(34)18-9-8-16-6-4-5-7-17(16)10-18/h4-12,14-15,21-22,32H,13H2,1-3H3/t14-,15+,21+,22+/m0/s1. The monoisotopic (exact) mass is 563 g/mol. The van der Waals surface area contributed by atoms with E-state index in [4.69, 9.17) is 9.47 Å². The van der Waals surface area contributed by atoms with Crippen molar-refractivity contribution in [2.75, 3.05) is 13.0 Å². The summed E-state index contributed by atoms with van der Waals surface area (Å²) < 4.78 is 12.5. The number of β-lactam (4-membered cyclic amide) rings is 1. The molecule has 4 atom stereocenters. The van der Waals surface area contributed by atoms with Gasteiger partial charge in [-0.2, -0.15) is 0 Å². The third kappa shape index (κ3) is 4.12. The number of thiazole rings is 1. The predicted molar refractivity (Wildman–Crippen MR) is 147 cm³/mol. The van der Waals surface area contributed by atoms with Gasteiger partial charge in [0.1, 0.15) is 21.9 Å². The highest BCUT2D eigenvalue weighted by Gasteiger charge is 2.60. The fourth-order valence-electron chi connectivity index (χ4n) is 5.53. The topological polar surface area (TPSA) is 110 Å². The van der Waals surface area contributed by atoms with E-state index in [0.717, 1.165) is 25.5 Å². The highest BCUT2D eigenvalue weighted by Crippen LogP contribution is 2.52. The van der Waals surface area contributed by atoms with E-state index in [0.29, 0.717) is 11.1 Å². The molecule has 0 aliphatic carbocycles. The molecule has 2 aliphatic heterocycles. The van der Waals surface area contributed by atoms with Crippen molar-refractivity contribution in [3.05, 3.63) is 71.1 Å². The lowest BCUT2D eigenvalue weighted by molar-refractivity contribution is -0.166. The maximum Gasteiger partial charge on any atom is 0.358 e. The van der Waals surface area contributed by atoms with Gasteiger partial charge >= 0.3 is 11.9 Å². The van der Waals surface area contributed by atoms with Crippen molar-refractivity contribution >= 4 is 62.1 Å². The van der Waals surface area contributed by atoms with Crippen LogP contribution in [-0.4, -0.2) is 62.4 Å². The minimum Gasteiger partial charge on any atom is -0.424 e. The lowest BCUT2D eigenvalue weighted by Crippen LogP contribution is -2.63. The Morgan fingerprint density at radius 2 is 1.90 bits per heavy atom. The molecule has 0 saturated carbocycles. The third-order valence-corrected chi connectivity index (χ3v) is 9.33. The molecule has 2 aromatic heterocycles. The van der Waals surface area contributed by atoms with Crippen molar-refractivity contribution in [2.24, 2.45) is 11.8 Å². The van der Waals surface area contributed by atoms with Crippen LogP contribution in [0.3, 0.4) is 0 Å². The summed E-state index contributed by atoms with van der Waals surface area (Å²) in [7, 11) is 0. The Bertz CT molecular complexity index is 1670. The first-order chi connectivity index (χ1) is 18.8. The number of aromatic nitrogens is 2. The largest absolute Gasteiger partial charge is 0.424 e. The predicted octanol–water partition coefficient (Wildman–Crippen LogP) is 4.20. The molecule has 0 spiro atoms. The zero-order chi connectivity index (χ0) is 27.4.